The topological polar surface area (TPSA) is 97.0 Å². The molecule has 0 spiro atoms. The van der Waals surface area contributed by atoms with Gasteiger partial charge in [0.05, 0.1) is 23.2 Å². The van der Waals surface area contributed by atoms with E-state index in [4.69, 9.17) is 0 Å². The van der Waals surface area contributed by atoms with Crippen molar-refractivity contribution < 1.29 is 18.0 Å². The normalized spacial score (nSPS) is 16.8. The van der Waals surface area contributed by atoms with Gasteiger partial charge in [-0.2, -0.15) is 23.3 Å². The third kappa shape index (κ3) is 2.83. The predicted octanol–water partition coefficient (Wildman–Crippen LogP) is 1.99. The van der Waals surface area contributed by atoms with Gasteiger partial charge in [0.2, 0.25) is 5.82 Å². The molecule has 154 valence electrons. The van der Waals surface area contributed by atoms with Gasteiger partial charge >= 0.3 is 6.18 Å². The molecule has 0 saturated heterocycles. The maximum atomic E-state index is 13.3. The summed E-state index contributed by atoms with van der Waals surface area (Å²) in [4.78, 5) is 25.6. The third-order valence-corrected chi connectivity index (χ3v) is 5.06. The second-order valence-corrected chi connectivity index (χ2v) is 6.94. The van der Waals surface area contributed by atoms with E-state index in [2.05, 4.69) is 25.1 Å². The number of carbonyl (C=O) groups excluding carboxylic acids is 1. The summed E-state index contributed by atoms with van der Waals surface area (Å²) in [6.45, 7) is 0.265. The summed E-state index contributed by atoms with van der Waals surface area (Å²) in [6, 6.07) is 6.72. The molecule has 0 fully saturated rings. The summed E-state index contributed by atoms with van der Waals surface area (Å²) < 4.78 is 41.6. The molecule has 1 atom stereocenters. The largest absolute Gasteiger partial charge is 0.453 e. The van der Waals surface area contributed by atoms with E-state index in [-0.39, 0.29) is 6.54 Å². The van der Waals surface area contributed by atoms with Crippen molar-refractivity contribution in [3.8, 4) is 0 Å². The number of nitrogens with one attached hydrogen (secondary N) is 1. The Morgan fingerprint density at radius 3 is 2.83 bits per heavy atom. The first-order valence-electron chi connectivity index (χ1n) is 9.08. The molecule has 1 amide bonds. The molecule has 1 aliphatic rings. The second kappa shape index (κ2) is 6.40. The number of imidazole rings is 1. The van der Waals surface area contributed by atoms with Gasteiger partial charge in [0.15, 0.2) is 0 Å². The quantitative estimate of drug-likeness (QED) is 0.539. The Balaban J connectivity index is 1.60. The number of alkyl halides is 3. The van der Waals surface area contributed by atoms with Crippen LogP contribution in [-0.4, -0.2) is 51.7 Å². The van der Waals surface area contributed by atoms with Gasteiger partial charge in [-0.1, -0.05) is 6.07 Å². The number of H-pyrrole nitrogens is 1. The molecule has 1 aliphatic heterocycles. The number of carbonyl (C=O) groups is 1. The van der Waals surface area contributed by atoms with E-state index in [1.165, 1.54) is 18.3 Å². The van der Waals surface area contributed by atoms with Crippen LogP contribution in [0.5, 0.6) is 0 Å². The summed E-state index contributed by atoms with van der Waals surface area (Å²) in [5.74, 6) is -2.42. The first-order chi connectivity index (χ1) is 14.3. The molecule has 0 radical (unpaired) electrons. The standard InChI is InChI=1S/C18H15F3N8O/c1-27-15(24-17(26-27)18(19,20)21)16(30)28-7-5-11-13(23-9-22-11)14(28)12-8-10-4-2-3-6-29(10)25-12/h2-4,6,8-9,14H,5,7H2,1H3,(H,22,23). The van der Waals surface area contributed by atoms with E-state index in [0.29, 0.717) is 17.8 Å². The highest BCUT2D eigenvalue weighted by Crippen LogP contribution is 2.34. The Hall–Kier alpha value is -3.70. The molecule has 5 heterocycles. The van der Waals surface area contributed by atoms with Gasteiger partial charge in [0.25, 0.3) is 11.7 Å². The zero-order valence-electron chi connectivity index (χ0n) is 15.6. The van der Waals surface area contributed by atoms with Crippen molar-refractivity contribution in [2.45, 2.75) is 18.6 Å². The summed E-state index contributed by atoms with van der Waals surface area (Å²) in [5.41, 5.74) is 2.84. The average Bonchev–Trinajstić information content (AvgIpc) is 3.43. The van der Waals surface area contributed by atoms with Crippen LogP contribution in [-0.2, 0) is 19.6 Å². The number of rotatable bonds is 2. The molecule has 5 rings (SSSR count). The van der Waals surface area contributed by atoms with Crippen molar-refractivity contribution >= 4 is 11.4 Å². The molecule has 0 saturated carbocycles. The summed E-state index contributed by atoms with van der Waals surface area (Å²) in [7, 11) is 1.26. The number of nitrogens with zero attached hydrogens (tertiary/aromatic N) is 7. The van der Waals surface area contributed by atoms with Gasteiger partial charge in [-0.3, -0.25) is 4.79 Å². The molecule has 0 aromatic carbocycles. The molecular formula is C18H15F3N8O. The van der Waals surface area contributed by atoms with Crippen LogP contribution in [0.4, 0.5) is 13.2 Å². The lowest BCUT2D eigenvalue weighted by atomic mass is 9.99. The average molecular weight is 416 g/mol. The van der Waals surface area contributed by atoms with Gasteiger partial charge in [-0.05, 0) is 18.2 Å². The number of pyridine rings is 1. The van der Waals surface area contributed by atoms with Crippen LogP contribution in [0, 0.1) is 0 Å². The highest BCUT2D eigenvalue weighted by molar-refractivity contribution is 5.91. The molecule has 30 heavy (non-hydrogen) atoms. The number of aromatic nitrogens is 7. The summed E-state index contributed by atoms with van der Waals surface area (Å²) in [5, 5.41) is 7.91. The number of fused-ring (bicyclic) bond motifs is 2. The van der Waals surface area contributed by atoms with Crippen molar-refractivity contribution in [1.82, 2.24) is 39.2 Å². The smallest absolute Gasteiger partial charge is 0.348 e. The Kier molecular flexibility index (Phi) is 3.91. The molecule has 0 bridgehead atoms. The summed E-state index contributed by atoms with van der Waals surface area (Å²) >= 11 is 0. The SMILES string of the molecule is Cn1nc(C(F)(F)F)nc1C(=O)N1CCc2[nH]cnc2C1c1cc2ccccn2n1. The molecule has 4 aromatic heterocycles. The minimum absolute atomic E-state index is 0.265. The Morgan fingerprint density at radius 1 is 1.27 bits per heavy atom. The van der Waals surface area contributed by atoms with E-state index < -0.39 is 29.8 Å². The van der Waals surface area contributed by atoms with E-state index in [9.17, 15) is 18.0 Å². The maximum Gasteiger partial charge on any atom is 0.453 e. The van der Waals surface area contributed by atoms with Crippen molar-refractivity contribution in [2.24, 2.45) is 7.05 Å². The number of aryl methyl sites for hydroxylation is 1. The van der Waals surface area contributed by atoms with Crippen molar-refractivity contribution in [1.29, 1.82) is 0 Å². The Morgan fingerprint density at radius 2 is 2.10 bits per heavy atom. The van der Waals surface area contributed by atoms with Crippen molar-refractivity contribution in [3.63, 3.8) is 0 Å². The van der Waals surface area contributed by atoms with Crippen molar-refractivity contribution in [3.05, 3.63) is 65.5 Å². The van der Waals surface area contributed by atoms with Crippen LogP contribution in [0.3, 0.4) is 0 Å². The monoisotopic (exact) mass is 416 g/mol. The first kappa shape index (κ1) is 18.3. The van der Waals surface area contributed by atoms with Crippen LogP contribution < -0.4 is 0 Å². The number of amides is 1. The first-order valence-corrected chi connectivity index (χ1v) is 9.08. The van der Waals surface area contributed by atoms with Crippen LogP contribution >= 0.6 is 0 Å². The minimum Gasteiger partial charge on any atom is -0.348 e. The highest BCUT2D eigenvalue weighted by Gasteiger charge is 2.41. The van der Waals surface area contributed by atoms with Crippen LogP contribution in [0.1, 0.15) is 39.6 Å². The number of hydrogen-bond acceptors (Lipinski definition) is 5. The molecule has 1 N–H and O–H groups in total. The maximum absolute atomic E-state index is 13.3. The van der Waals surface area contributed by atoms with Gasteiger partial charge < -0.3 is 9.88 Å². The molecule has 4 aromatic rings. The molecule has 12 heteroatoms. The molecule has 9 nitrogen and oxygen atoms in total. The molecule has 0 aliphatic carbocycles. The lowest BCUT2D eigenvalue weighted by molar-refractivity contribution is -0.144. The third-order valence-electron chi connectivity index (χ3n) is 5.06. The number of aromatic amines is 1. The minimum atomic E-state index is -4.74. The van der Waals surface area contributed by atoms with Gasteiger partial charge in [0, 0.05) is 31.9 Å². The van der Waals surface area contributed by atoms with Crippen LogP contribution in [0.15, 0.2) is 36.8 Å². The fraction of sp³-hybridized carbons (Fsp3) is 0.278. The van der Waals surface area contributed by atoms with E-state index in [1.807, 2.05) is 24.3 Å². The van der Waals surface area contributed by atoms with E-state index >= 15 is 0 Å². The van der Waals surface area contributed by atoms with Gasteiger partial charge in [0.1, 0.15) is 6.04 Å². The fourth-order valence-electron chi connectivity index (χ4n) is 3.71. The van der Waals surface area contributed by atoms with Gasteiger partial charge in [-0.25, -0.2) is 14.2 Å². The Bertz CT molecular complexity index is 1220. The number of halogens is 3. The zero-order valence-corrected chi connectivity index (χ0v) is 15.6. The van der Waals surface area contributed by atoms with E-state index in [1.54, 1.807) is 10.7 Å². The molecule has 1 unspecified atom stereocenters. The molecular weight excluding hydrogens is 401 g/mol. The Labute approximate surface area is 167 Å². The highest BCUT2D eigenvalue weighted by atomic mass is 19.4. The number of hydrogen-bond donors (Lipinski definition) is 1. The lowest BCUT2D eigenvalue weighted by Crippen LogP contribution is -2.42. The van der Waals surface area contributed by atoms with Crippen LogP contribution in [0.2, 0.25) is 0 Å². The predicted molar refractivity (Wildman–Crippen MR) is 96.4 cm³/mol. The summed E-state index contributed by atoms with van der Waals surface area (Å²) in [6.07, 6.45) is -0.952. The van der Waals surface area contributed by atoms with E-state index in [0.717, 1.165) is 15.9 Å². The zero-order chi connectivity index (χ0) is 21.0. The van der Waals surface area contributed by atoms with Crippen LogP contribution in [0.25, 0.3) is 5.52 Å². The van der Waals surface area contributed by atoms with Gasteiger partial charge in [-0.15, -0.1) is 5.10 Å². The lowest BCUT2D eigenvalue weighted by Gasteiger charge is -2.33. The second-order valence-electron chi connectivity index (χ2n) is 6.94. The fourth-order valence-corrected chi connectivity index (χ4v) is 3.71. The van der Waals surface area contributed by atoms with Crippen molar-refractivity contribution in [2.75, 3.05) is 6.54 Å².